The second kappa shape index (κ2) is 6.16. The van der Waals surface area contributed by atoms with Crippen LogP contribution in [-0.2, 0) is 24.8 Å². The van der Waals surface area contributed by atoms with Crippen LogP contribution in [0.4, 0.5) is 5.69 Å². The molecule has 3 rings (SSSR count). The molecule has 1 unspecified atom stereocenters. The number of hydrogen-bond donors (Lipinski definition) is 2. The molecule has 1 amide bonds. The normalized spacial score (nSPS) is 16.4. The van der Waals surface area contributed by atoms with Gasteiger partial charge in [-0.25, -0.2) is 0 Å². The van der Waals surface area contributed by atoms with Gasteiger partial charge in [0.1, 0.15) is 0 Å². The molecule has 0 spiro atoms. The summed E-state index contributed by atoms with van der Waals surface area (Å²) in [5, 5.41) is 11.0. The lowest BCUT2D eigenvalue weighted by atomic mass is 10.1. The lowest BCUT2D eigenvalue weighted by Crippen LogP contribution is -2.19. The van der Waals surface area contributed by atoms with Crippen LogP contribution in [0.25, 0.3) is 0 Å². The number of hydrogen-bond acceptors (Lipinski definition) is 3. The highest BCUT2D eigenvalue weighted by atomic mass is 16.1. The summed E-state index contributed by atoms with van der Waals surface area (Å²) < 4.78 is 1.94. The monoisotopic (exact) mass is 312 g/mol. The van der Waals surface area contributed by atoms with Crippen LogP contribution in [0.2, 0.25) is 0 Å². The van der Waals surface area contributed by atoms with Crippen molar-refractivity contribution < 1.29 is 4.79 Å². The van der Waals surface area contributed by atoms with Gasteiger partial charge in [-0.3, -0.25) is 9.48 Å². The predicted molar refractivity (Wildman–Crippen MR) is 91.3 cm³/mol. The van der Waals surface area contributed by atoms with E-state index in [0.29, 0.717) is 6.04 Å². The number of fused-ring (bicyclic) bond motifs is 1. The van der Waals surface area contributed by atoms with E-state index in [1.165, 1.54) is 29.3 Å². The number of rotatable bonds is 4. The molecule has 1 aliphatic rings. The number of aromatic nitrogens is 2. The second-order valence-corrected chi connectivity index (χ2v) is 6.34. The molecule has 0 radical (unpaired) electrons. The zero-order chi connectivity index (χ0) is 16.6. The fraction of sp³-hybridized carbons (Fsp3) is 0.444. The number of carbonyl (C=O) groups excluding carboxylic acids is 1. The topological polar surface area (TPSA) is 59.0 Å². The quantitative estimate of drug-likeness (QED) is 0.912. The molecule has 1 aromatic carbocycles. The molecule has 5 heteroatoms. The Morgan fingerprint density at radius 1 is 1.39 bits per heavy atom. The van der Waals surface area contributed by atoms with Crippen molar-refractivity contribution in [3.63, 3.8) is 0 Å². The van der Waals surface area contributed by atoms with Gasteiger partial charge in [0.15, 0.2) is 0 Å². The average molecular weight is 312 g/mol. The summed E-state index contributed by atoms with van der Waals surface area (Å²) in [4.78, 5) is 11.2. The molecular formula is C18H24N4O. The lowest BCUT2D eigenvalue weighted by Gasteiger charge is -2.15. The van der Waals surface area contributed by atoms with Crippen molar-refractivity contribution in [1.82, 2.24) is 15.1 Å². The molecule has 1 aromatic heterocycles. The van der Waals surface area contributed by atoms with Crippen LogP contribution in [0.3, 0.4) is 0 Å². The number of amides is 1. The SMILES string of the molecule is CC(=O)Nc1ccc2c(c1)CCC2NCc1c(C)nn(C)c1C. The van der Waals surface area contributed by atoms with E-state index in [-0.39, 0.29) is 5.91 Å². The van der Waals surface area contributed by atoms with Crippen LogP contribution >= 0.6 is 0 Å². The van der Waals surface area contributed by atoms with Gasteiger partial charge < -0.3 is 10.6 Å². The predicted octanol–water partition coefficient (Wildman–Crippen LogP) is 2.77. The van der Waals surface area contributed by atoms with E-state index < -0.39 is 0 Å². The third-order valence-corrected chi connectivity index (χ3v) is 4.73. The second-order valence-electron chi connectivity index (χ2n) is 6.34. The Bertz CT molecular complexity index is 748. The Hall–Kier alpha value is -2.14. The third kappa shape index (κ3) is 3.15. The Morgan fingerprint density at radius 2 is 2.17 bits per heavy atom. The smallest absolute Gasteiger partial charge is 0.221 e. The minimum absolute atomic E-state index is 0.0276. The van der Waals surface area contributed by atoms with Crippen LogP contribution in [0.15, 0.2) is 18.2 Å². The average Bonchev–Trinajstić information content (AvgIpc) is 2.98. The Morgan fingerprint density at radius 3 is 2.83 bits per heavy atom. The number of carbonyl (C=O) groups is 1. The first-order valence-corrected chi connectivity index (χ1v) is 8.08. The summed E-state index contributed by atoms with van der Waals surface area (Å²) in [6, 6.07) is 6.59. The van der Waals surface area contributed by atoms with Gasteiger partial charge in [-0.15, -0.1) is 0 Å². The molecule has 1 heterocycles. The molecule has 5 nitrogen and oxygen atoms in total. The van der Waals surface area contributed by atoms with E-state index in [2.05, 4.69) is 41.7 Å². The van der Waals surface area contributed by atoms with Gasteiger partial charge in [0.25, 0.3) is 0 Å². The molecule has 0 aliphatic heterocycles. The Kier molecular flexibility index (Phi) is 4.22. The number of nitrogens with one attached hydrogen (secondary N) is 2. The minimum atomic E-state index is -0.0276. The fourth-order valence-corrected chi connectivity index (χ4v) is 3.41. The van der Waals surface area contributed by atoms with Gasteiger partial charge in [-0.1, -0.05) is 6.07 Å². The van der Waals surface area contributed by atoms with Crippen LogP contribution in [-0.4, -0.2) is 15.7 Å². The van der Waals surface area contributed by atoms with Crippen molar-refractivity contribution in [2.75, 3.05) is 5.32 Å². The minimum Gasteiger partial charge on any atom is -0.326 e. The van der Waals surface area contributed by atoms with Crippen molar-refractivity contribution in [2.24, 2.45) is 7.05 Å². The largest absolute Gasteiger partial charge is 0.326 e. The summed E-state index contributed by atoms with van der Waals surface area (Å²) >= 11 is 0. The van der Waals surface area contributed by atoms with Crippen LogP contribution < -0.4 is 10.6 Å². The van der Waals surface area contributed by atoms with E-state index >= 15 is 0 Å². The van der Waals surface area contributed by atoms with E-state index in [9.17, 15) is 4.79 Å². The first-order valence-electron chi connectivity index (χ1n) is 8.08. The highest BCUT2D eigenvalue weighted by Crippen LogP contribution is 2.33. The molecule has 1 aliphatic carbocycles. The molecule has 23 heavy (non-hydrogen) atoms. The Labute approximate surface area is 137 Å². The first-order chi connectivity index (χ1) is 11.0. The van der Waals surface area contributed by atoms with Gasteiger partial charge >= 0.3 is 0 Å². The molecule has 0 bridgehead atoms. The maximum atomic E-state index is 11.2. The molecular weight excluding hydrogens is 288 g/mol. The van der Waals surface area contributed by atoms with Crippen molar-refractivity contribution in [3.05, 3.63) is 46.3 Å². The van der Waals surface area contributed by atoms with E-state index in [1.807, 2.05) is 17.8 Å². The van der Waals surface area contributed by atoms with E-state index in [4.69, 9.17) is 0 Å². The summed E-state index contributed by atoms with van der Waals surface area (Å²) in [7, 11) is 1.99. The van der Waals surface area contributed by atoms with Gasteiger partial charge in [0.2, 0.25) is 5.91 Å². The third-order valence-electron chi connectivity index (χ3n) is 4.73. The van der Waals surface area contributed by atoms with E-state index in [0.717, 1.165) is 30.8 Å². The number of anilines is 1. The zero-order valence-electron chi connectivity index (χ0n) is 14.2. The summed E-state index contributed by atoms with van der Waals surface area (Å²) in [5.74, 6) is -0.0276. The maximum absolute atomic E-state index is 11.2. The van der Waals surface area contributed by atoms with Gasteiger partial charge in [-0.2, -0.15) is 5.10 Å². The fourth-order valence-electron chi connectivity index (χ4n) is 3.41. The van der Waals surface area contributed by atoms with E-state index in [1.54, 1.807) is 0 Å². The van der Waals surface area contributed by atoms with Crippen molar-refractivity contribution in [3.8, 4) is 0 Å². The van der Waals surface area contributed by atoms with Gasteiger partial charge in [0.05, 0.1) is 5.69 Å². The lowest BCUT2D eigenvalue weighted by molar-refractivity contribution is -0.114. The summed E-state index contributed by atoms with van der Waals surface area (Å²) in [6.07, 6.45) is 2.14. The standard InChI is InChI=1S/C18H24N4O/c1-11-17(12(2)22(4)21-11)10-19-18-8-5-14-9-15(20-13(3)23)6-7-16(14)18/h6-7,9,18-19H,5,8,10H2,1-4H3,(H,20,23). The molecule has 2 aromatic rings. The highest BCUT2D eigenvalue weighted by molar-refractivity contribution is 5.88. The maximum Gasteiger partial charge on any atom is 0.221 e. The van der Waals surface area contributed by atoms with Crippen LogP contribution in [0, 0.1) is 13.8 Å². The highest BCUT2D eigenvalue weighted by Gasteiger charge is 2.23. The summed E-state index contributed by atoms with van der Waals surface area (Å²) in [5.41, 5.74) is 7.16. The number of benzene rings is 1. The molecule has 0 saturated carbocycles. The first kappa shape index (κ1) is 15.7. The van der Waals surface area contributed by atoms with Crippen LogP contribution in [0.1, 0.15) is 47.5 Å². The van der Waals surface area contributed by atoms with Crippen molar-refractivity contribution in [2.45, 2.75) is 46.2 Å². The molecule has 2 N–H and O–H groups in total. The molecule has 0 saturated heterocycles. The van der Waals surface area contributed by atoms with Crippen molar-refractivity contribution >= 4 is 11.6 Å². The molecule has 0 fully saturated rings. The zero-order valence-corrected chi connectivity index (χ0v) is 14.2. The molecule has 122 valence electrons. The molecule has 1 atom stereocenters. The summed E-state index contributed by atoms with van der Waals surface area (Å²) in [6.45, 7) is 6.55. The number of nitrogens with zero attached hydrogens (tertiary/aromatic N) is 2. The van der Waals surface area contributed by atoms with Crippen molar-refractivity contribution in [1.29, 1.82) is 0 Å². The number of aryl methyl sites for hydroxylation is 3. The Balaban J connectivity index is 1.72. The van der Waals surface area contributed by atoms with Crippen LogP contribution in [0.5, 0.6) is 0 Å². The van der Waals surface area contributed by atoms with Gasteiger partial charge in [0, 0.05) is 43.5 Å². The van der Waals surface area contributed by atoms with Gasteiger partial charge in [-0.05, 0) is 49.9 Å².